The highest BCUT2D eigenvalue weighted by Gasteiger charge is 2.25. The molecule has 0 radical (unpaired) electrons. The van der Waals surface area contributed by atoms with E-state index >= 15 is 0 Å². The van der Waals surface area contributed by atoms with Crippen LogP contribution < -0.4 is 11.1 Å². The van der Waals surface area contributed by atoms with Crippen molar-refractivity contribution in [3.05, 3.63) is 0 Å². The van der Waals surface area contributed by atoms with E-state index in [9.17, 15) is 4.79 Å². The summed E-state index contributed by atoms with van der Waals surface area (Å²) in [4.78, 5) is 12.0. The molecule has 1 amide bonds. The van der Waals surface area contributed by atoms with Gasteiger partial charge in [-0.05, 0) is 19.3 Å². The highest BCUT2D eigenvalue weighted by molar-refractivity contribution is 6.02. The van der Waals surface area contributed by atoms with Crippen LogP contribution in [-0.2, 0) is 9.53 Å². The molecule has 0 saturated heterocycles. The Bertz CT molecular complexity index is 280. The van der Waals surface area contributed by atoms with Crippen LogP contribution in [0.25, 0.3) is 0 Å². The van der Waals surface area contributed by atoms with Gasteiger partial charge in [0.2, 0.25) is 5.91 Å². The van der Waals surface area contributed by atoms with E-state index in [-0.39, 0.29) is 23.7 Å². The Morgan fingerprint density at radius 2 is 2.06 bits per heavy atom. The van der Waals surface area contributed by atoms with Gasteiger partial charge in [0, 0.05) is 6.61 Å². The number of nitrogens with two attached hydrogens (primary N) is 1. The van der Waals surface area contributed by atoms with E-state index in [1.165, 1.54) is 0 Å². The summed E-state index contributed by atoms with van der Waals surface area (Å²) in [6, 6.07) is -0.0713. The summed E-state index contributed by atoms with van der Waals surface area (Å²) in [6.07, 6.45) is 0.487. The number of hydrogen-bond acceptors (Lipinski definition) is 4. The lowest BCUT2D eigenvalue weighted by molar-refractivity contribution is -0.124. The van der Waals surface area contributed by atoms with Crippen molar-refractivity contribution in [3.8, 4) is 0 Å². The molecular weight excluding hydrogens is 234 g/mol. The fourth-order valence-corrected chi connectivity index (χ4v) is 1.53. The molecule has 2 atom stereocenters. The number of nitrogens with one attached hydrogen (secondary N) is 1. The van der Waals surface area contributed by atoms with Crippen molar-refractivity contribution in [2.24, 2.45) is 22.7 Å². The van der Waals surface area contributed by atoms with Gasteiger partial charge in [-0.2, -0.15) is 0 Å². The Balaban J connectivity index is 4.56. The van der Waals surface area contributed by atoms with Crippen molar-refractivity contribution in [3.63, 3.8) is 0 Å². The van der Waals surface area contributed by atoms with E-state index < -0.39 is 5.92 Å². The first-order chi connectivity index (χ1) is 8.47. The van der Waals surface area contributed by atoms with Gasteiger partial charge in [0.25, 0.3) is 0 Å². The smallest absolute Gasteiger partial charge is 0.231 e. The second kappa shape index (κ2) is 8.74. The third-order valence-corrected chi connectivity index (χ3v) is 2.83. The monoisotopic (exact) mass is 259 g/mol. The molecule has 2 unspecified atom stereocenters. The highest BCUT2D eigenvalue weighted by atomic mass is 16.5. The molecule has 0 aromatic heterocycles. The van der Waals surface area contributed by atoms with Crippen LogP contribution in [-0.4, -0.2) is 36.2 Å². The lowest BCUT2D eigenvalue weighted by Gasteiger charge is -2.24. The van der Waals surface area contributed by atoms with Crippen molar-refractivity contribution in [1.29, 1.82) is 0 Å². The van der Waals surface area contributed by atoms with Crippen LogP contribution in [0, 0.1) is 11.8 Å². The van der Waals surface area contributed by atoms with Gasteiger partial charge in [-0.15, -0.1) is 0 Å². The second-order valence-corrected chi connectivity index (χ2v) is 4.50. The molecule has 0 aliphatic carbocycles. The lowest BCUT2D eigenvalue weighted by Crippen LogP contribution is -2.47. The molecule has 0 aliphatic heterocycles. The lowest BCUT2D eigenvalue weighted by atomic mass is 10.0. The SMILES string of the molecule is CCOCC(NC(=O)C(CC)C(N)=NO)C(C)C. The maximum absolute atomic E-state index is 12.0. The van der Waals surface area contributed by atoms with Gasteiger partial charge in [0.1, 0.15) is 0 Å². The van der Waals surface area contributed by atoms with Gasteiger partial charge in [-0.3, -0.25) is 4.79 Å². The van der Waals surface area contributed by atoms with Crippen molar-refractivity contribution < 1.29 is 14.7 Å². The quantitative estimate of drug-likeness (QED) is 0.261. The van der Waals surface area contributed by atoms with Crippen LogP contribution in [0.15, 0.2) is 5.16 Å². The fourth-order valence-electron chi connectivity index (χ4n) is 1.53. The van der Waals surface area contributed by atoms with Crippen molar-refractivity contribution >= 4 is 11.7 Å². The number of nitrogens with zero attached hydrogens (tertiary/aromatic N) is 1. The molecule has 4 N–H and O–H groups in total. The Hall–Kier alpha value is -1.30. The maximum atomic E-state index is 12.0. The Labute approximate surface area is 109 Å². The summed E-state index contributed by atoms with van der Waals surface area (Å²) in [7, 11) is 0. The minimum absolute atomic E-state index is 0.0612. The van der Waals surface area contributed by atoms with E-state index in [1.54, 1.807) is 0 Å². The van der Waals surface area contributed by atoms with Crippen molar-refractivity contribution in [2.75, 3.05) is 13.2 Å². The minimum Gasteiger partial charge on any atom is -0.409 e. The van der Waals surface area contributed by atoms with Gasteiger partial charge in [0.15, 0.2) is 5.84 Å². The summed E-state index contributed by atoms with van der Waals surface area (Å²) < 4.78 is 5.33. The zero-order valence-corrected chi connectivity index (χ0v) is 11.6. The average molecular weight is 259 g/mol. The van der Waals surface area contributed by atoms with E-state index in [2.05, 4.69) is 10.5 Å². The van der Waals surface area contributed by atoms with Crippen LogP contribution in [0.3, 0.4) is 0 Å². The first kappa shape index (κ1) is 16.7. The van der Waals surface area contributed by atoms with Crippen molar-refractivity contribution in [1.82, 2.24) is 5.32 Å². The summed E-state index contributed by atoms with van der Waals surface area (Å²) >= 11 is 0. The number of carbonyl (C=O) groups is 1. The number of rotatable bonds is 8. The molecule has 0 rings (SSSR count). The Kier molecular flexibility index (Phi) is 8.11. The zero-order chi connectivity index (χ0) is 14.1. The molecule has 0 fully saturated rings. The molecule has 0 heterocycles. The first-order valence-electron chi connectivity index (χ1n) is 6.33. The van der Waals surface area contributed by atoms with Crippen LogP contribution in [0.4, 0.5) is 0 Å². The summed E-state index contributed by atoms with van der Waals surface area (Å²) in [5.74, 6) is -0.636. The largest absolute Gasteiger partial charge is 0.409 e. The molecule has 6 heteroatoms. The predicted octanol–water partition coefficient (Wildman–Crippen LogP) is 0.936. The Morgan fingerprint density at radius 1 is 1.44 bits per heavy atom. The third kappa shape index (κ3) is 5.35. The van der Waals surface area contributed by atoms with Crippen LogP contribution >= 0.6 is 0 Å². The first-order valence-corrected chi connectivity index (χ1v) is 6.33. The molecular formula is C12H25N3O3. The van der Waals surface area contributed by atoms with Crippen LogP contribution in [0.2, 0.25) is 0 Å². The highest BCUT2D eigenvalue weighted by Crippen LogP contribution is 2.07. The van der Waals surface area contributed by atoms with Gasteiger partial charge in [0.05, 0.1) is 18.6 Å². The third-order valence-electron chi connectivity index (χ3n) is 2.83. The number of hydrogen-bond donors (Lipinski definition) is 3. The van der Waals surface area contributed by atoms with E-state index in [0.29, 0.717) is 19.6 Å². The van der Waals surface area contributed by atoms with Gasteiger partial charge in [-0.1, -0.05) is 25.9 Å². The van der Waals surface area contributed by atoms with Crippen LogP contribution in [0.5, 0.6) is 0 Å². The molecule has 6 nitrogen and oxygen atoms in total. The maximum Gasteiger partial charge on any atom is 0.231 e. The molecule has 0 bridgehead atoms. The summed E-state index contributed by atoms with van der Waals surface area (Å²) in [6.45, 7) is 8.81. The number of amides is 1. The number of ether oxygens (including phenoxy) is 1. The molecule has 0 aliphatic rings. The van der Waals surface area contributed by atoms with E-state index in [1.807, 2.05) is 27.7 Å². The zero-order valence-electron chi connectivity index (χ0n) is 11.6. The van der Waals surface area contributed by atoms with E-state index in [0.717, 1.165) is 0 Å². The standard InChI is InChI=1S/C12H25N3O3/c1-5-9(11(13)15-17)12(16)14-10(8(3)4)7-18-6-2/h8-10,17H,5-7H2,1-4H3,(H2,13,15)(H,14,16). The number of amidine groups is 1. The number of oxime groups is 1. The Morgan fingerprint density at radius 3 is 2.44 bits per heavy atom. The summed E-state index contributed by atoms with van der Waals surface area (Å²) in [5, 5.41) is 14.4. The van der Waals surface area contributed by atoms with E-state index in [4.69, 9.17) is 15.7 Å². The van der Waals surface area contributed by atoms with Gasteiger partial charge < -0.3 is 21.0 Å². The normalized spacial score (nSPS) is 15.5. The van der Waals surface area contributed by atoms with Crippen molar-refractivity contribution in [2.45, 2.75) is 40.2 Å². The molecule has 18 heavy (non-hydrogen) atoms. The second-order valence-electron chi connectivity index (χ2n) is 4.50. The molecule has 0 aromatic carbocycles. The fraction of sp³-hybridized carbons (Fsp3) is 0.833. The minimum atomic E-state index is -0.599. The molecule has 0 saturated carbocycles. The van der Waals surface area contributed by atoms with Gasteiger partial charge in [-0.25, -0.2) is 0 Å². The van der Waals surface area contributed by atoms with Gasteiger partial charge >= 0.3 is 0 Å². The molecule has 0 spiro atoms. The summed E-state index contributed by atoms with van der Waals surface area (Å²) in [5.41, 5.74) is 5.49. The predicted molar refractivity (Wildman–Crippen MR) is 70.5 cm³/mol. The average Bonchev–Trinajstić information content (AvgIpc) is 2.34. The molecule has 106 valence electrons. The molecule has 0 aromatic rings. The van der Waals surface area contributed by atoms with Crippen LogP contribution in [0.1, 0.15) is 34.1 Å². The number of carbonyl (C=O) groups excluding carboxylic acids is 1. The topological polar surface area (TPSA) is 96.9 Å².